The van der Waals surface area contributed by atoms with Crippen molar-refractivity contribution in [1.29, 1.82) is 0 Å². The van der Waals surface area contributed by atoms with Gasteiger partial charge in [0, 0.05) is 12.5 Å². The summed E-state index contributed by atoms with van der Waals surface area (Å²) in [5, 5.41) is 2.65. The van der Waals surface area contributed by atoms with Gasteiger partial charge in [0.15, 0.2) is 18.4 Å². The minimum atomic E-state index is -0.952. The Morgan fingerprint density at radius 3 is 2.45 bits per heavy atom. The molecular weight excluding hydrogens is 374 g/mol. The molecule has 2 fully saturated rings. The van der Waals surface area contributed by atoms with Gasteiger partial charge in [-0.15, -0.1) is 0 Å². The maximum Gasteiger partial charge on any atom is 0.217 e. The van der Waals surface area contributed by atoms with Gasteiger partial charge in [-0.2, -0.15) is 0 Å². The highest BCUT2D eigenvalue weighted by atomic mass is 16.7. The monoisotopic (exact) mass is 397 g/mol. The van der Waals surface area contributed by atoms with Crippen molar-refractivity contribution < 1.29 is 28.5 Å². The number of ketones is 1. The van der Waals surface area contributed by atoms with Crippen LogP contribution < -0.4 is 5.32 Å². The number of amides is 1. The molecule has 0 radical (unpaired) electrons. The van der Waals surface area contributed by atoms with Crippen LogP contribution in [0.1, 0.15) is 24.3 Å². The lowest BCUT2D eigenvalue weighted by Crippen LogP contribution is -2.64. The Kier molecular flexibility index (Phi) is 6.01. The summed E-state index contributed by atoms with van der Waals surface area (Å²) in [6.07, 6.45) is -3.03. The summed E-state index contributed by atoms with van der Waals surface area (Å²) in [5.74, 6) is -0.621. The molecule has 0 bridgehead atoms. The van der Waals surface area contributed by atoms with Crippen molar-refractivity contribution in [3.8, 4) is 0 Å². The number of Topliss-reactive ketones (excluding diaryl/α,β-unsaturated/α-hetero) is 1. The number of carbonyl (C=O) groups is 2. The highest BCUT2D eigenvalue weighted by molar-refractivity contribution is 5.93. The van der Waals surface area contributed by atoms with E-state index >= 15 is 0 Å². The van der Waals surface area contributed by atoms with Crippen molar-refractivity contribution in [3.05, 3.63) is 71.8 Å². The second-order valence-corrected chi connectivity index (χ2v) is 7.05. The number of hydrogen-bond donors (Lipinski definition) is 1. The standard InChI is InChI=1S/C22H23NO6/c1-14(24)23-18-19(25)20-17(13-27-21(29-20)16-10-6-3-7-11-16)28-22(18)26-12-15-8-4-2-5-9-15/h2-11,17-18,20-22H,12-13H2,1H3,(H,23,24)/t17-,18-,20-,21-,22+/m1/s1. The van der Waals surface area contributed by atoms with Crippen LogP contribution in [-0.2, 0) is 35.1 Å². The lowest BCUT2D eigenvalue weighted by atomic mass is 9.97. The van der Waals surface area contributed by atoms with Crippen molar-refractivity contribution in [2.45, 2.75) is 44.4 Å². The summed E-state index contributed by atoms with van der Waals surface area (Å²) in [5.41, 5.74) is 1.75. The van der Waals surface area contributed by atoms with E-state index in [1.165, 1.54) is 6.92 Å². The van der Waals surface area contributed by atoms with Crippen LogP contribution in [0.2, 0.25) is 0 Å². The Labute approximate surface area is 168 Å². The lowest BCUT2D eigenvalue weighted by Gasteiger charge is -2.43. The predicted octanol–water partition coefficient (Wildman–Crippen LogP) is 2.12. The van der Waals surface area contributed by atoms with E-state index in [0.29, 0.717) is 0 Å². The normalized spacial score (nSPS) is 29.1. The maximum atomic E-state index is 13.1. The third kappa shape index (κ3) is 4.54. The van der Waals surface area contributed by atoms with Gasteiger partial charge in [-0.25, -0.2) is 0 Å². The molecule has 0 aliphatic carbocycles. The first kappa shape index (κ1) is 19.7. The van der Waals surface area contributed by atoms with Crippen molar-refractivity contribution >= 4 is 11.7 Å². The molecule has 0 aromatic heterocycles. The fraction of sp³-hybridized carbons (Fsp3) is 0.364. The van der Waals surface area contributed by atoms with E-state index in [4.69, 9.17) is 18.9 Å². The molecule has 2 aliphatic heterocycles. The number of rotatable bonds is 5. The zero-order valence-electron chi connectivity index (χ0n) is 16.0. The average Bonchev–Trinajstić information content (AvgIpc) is 2.75. The van der Waals surface area contributed by atoms with Crippen molar-refractivity contribution in [2.75, 3.05) is 6.61 Å². The molecule has 7 nitrogen and oxygen atoms in total. The fourth-order valence-electron chi connectivity index (χ4n) is 3.48. The molecular formula is C22H23NO6. The van der Waals surface area contributed by atoms with Crippen LogP contribution in [-0.4, -0.2) is 42.8 Å². The van der Waals surface area contributed by atoms with E-state index in [2.05, 4.69) is 5.32 Å². The van der Waals surface area contributed by atoms with Crippen molar-refractivity contribution in [3.63, 3.8) is 0 Å². The summed E-state index contributed by atoms with van der Waals surface area (Å²) < 4.78 is 23.5. The number of benzene rings is 2. The smallest absolute Gasteiger partial charge is 0.217 e. The Morgan fingerprint density at radius 1 is 1.07 bits per heavy atom. The Bertz CT molecular complexity index is 843. The van der Waals surface area contributed by atoms with Crippen LogP contribution in [0, 0.1) is 0 Å². The average molecular weight is 397 g/mol. The first-order valence-corrected chi connectivity index (χ1v) is 9.55. The molecule has 0 spiro atoms. The zero-order chi connectivity index (χ0) is 20.2. The van der Waals surface area contributed by atoms with Gasteiger partial charge >= 0.3 is 0 Å². The van der Waals surface area contributed by atoms with E-state index in [1.54, 1.807) is 0 Å². The molecule has 5 atom stereocenters. The van der Waals surface area contributed by atoms with Crippen molar-refractivity contribution in [1.82, 2.24) is 5.32 Å². The summed E-state index contributed by atoms with van der Waals surface area (Å²) in [6.45, 7) is 1.79. The molecule has 2 aromatic rings. The number of nitrogens with one attached hydrogen (secondary N) is 1. The van der Waals surface area contributed by atoms with Gasteiger partial charge in [-0.3, -0.25) is 9.59 Å². The van der Waals surface area contributed by atoms with Gasteiger partial charge in [-0.1, -0.05) is 60.7 Å². The van der Waals surface area contributed by atoms with Crippen LogP contribution >= 0.6 is 0 Å². The number of hydrogen-bond acceptors (Lipinski definition) is 6. The fourth-order valence-corrected chi connectivity index (χ4v) is 3.48. The van der Waals surface area contributed by atoms with E-state index in [9.17, 15) is 9.59 Å². The summed E-state index contributed by atoms with van der Waals surface area (Å²) >= 11 is 0. The molecule has 29 heavy (non-hydrogen) atoms. The highest BCUT2D eigenvalue weighted by Crippen LogP contribution is 2.32. The van der Waals surface area contributed by atoms with Gasteiger partial charge in [0.05, 0.1) is 13.2 Å². The van der Waals surface area contributed by atoms with E-state index in [0.717, 1.165) is 11.1 Å². The predicted molar refractivity (Wildman–Crippen MR) is 103 cm³/mol. The van der Waals surface area contributed by atoms with Gasteiger partial charge < -0.3 is 24.3 Å². The third-order valence-electron chi connectivity index (χ3n) is 4.88. The summed E-state index contributed by atoms with van der Waals surface area (Å²) in [6, 6.07) is 18.0. The van der Waals surface area contributed by atoms with Crippen LogP contribution in [0.25, 0.3) is 0 Å². The van der Waals surface area contributed by atoms with Gasteiger partial charge in [0.25, 0.3) is 0 Å². The molecule has 2 saturated heterocycles. The van der Waals surface area contributed by atoms with Crippen LogP contribution in [0.15, 0.2) is 60.7 Å². The first-order valence-electron chi connectivity index (χ1n) is 9.55. The van der Waals surface area contributed by atoms with Crippen LogP contribution in [0.3, 0.4) is 0 Å². The SMILES string of the molecule is CC(=O)N[C@@H]1C(=O)[C@@H]2O[C@H](c3ccccc3)OC[C@H]2O[C@@H]1OCc1ccccc1. The lowest BCUT2D eigenvalue weighted by molar-refractivity contribution is -0.307. The first-order chi connectivity index (χ1) is 14.1. The molecule has 7 heteroatoms. The minimum absolute atomic E-state index is 0.188. The molecule has 2 heterocycles. The second-order valence-electron chi connectivity index (χ2n) is 7.05. The molecule has 0 saturated carbocycles. The number of fused-ring (bicyclic) bond motifs is 1. The zero-order valence-corrected chi connectivity index (χ0v) is 16.0. The number of carbonyl (C=O) groups excluding carboxylic acids is 2. The minimum Gasteiger partial charge on any atom is -0.346 e. The quantitative estimate of drug-likeness (QED) is 0.832. The van der Waals surface area contributed by atoms with Gasteiger partial charge in [0.2, 0.25) is 5.91 Å². The summed E-state index contributed by atoms with van der Waals surface area (Å²) in [4.78, 5) is 24.8. The molecule has 4 rings (SSSR count). The van der Waals surface area contributed by atoms with Gasteiger partial charge in [0.1, 0.15) is 18.2 Å². The van der Waals surface area contributed by atoms with E-state index in [-0.39, 0.29) is 24.9 Å². The van der Waals surface area contributed by atoms with Crippen LogP contribution in [0.5, 0.6) is 0 Å². The Balaban J connectivity index is 1.48. The van der Waals surface area contributed by atoms with Gasteiger partial charge in [-0.05, 0) is 5.56 Å². The maximum absolute atomic E-state index is 13.1. The molecule has 2 aromatic carbocycles. The second kappa shape index (κ2) is 8.84. The molecule has 152 valence electrons. The van der Waals surface area contributed by atoms with E-state index in [1.807, 2.05) is 60.7 Å². The largest absolute Gasteiger partial charge is 0.346 e. The molecule has 1 amide bonds. The van der Waals surface area contributed by atoms with Crippen LogP contribution in [0.4, 0.5) is 0 Å². The van der Waals surface area contributed by atoms with Crippen molar-refractivity contribution in [2.24, 2.45) is 0 Å². The molecule has 1 N–H and O–H groups in total. The number of ether oxygens (including phenoxy) is 4. The molecule has 0 unspecified atom stereocenters. The Morgan fingerprint density at radius 2 is 1.76 bits per heavy atom. The third-order valence-corrected chi connectivity index (χ3v) is 4.88. The Hall–Kier alpha value is -2.58. The topological polar surface area (TPSA) is 83.1 Å². The molecule has 2 aliphatic rings. The highest BCUT2D eigenvalue weighted by Gasteiger charge is 2.50. The summed E-state index contributed by atoms with van der Waals surface area (Å²) in [7, 11) is 0. The van der Waals surface area contributed by atoms with E-state index < -0.39 is 30.8 Å².